The summed E-state index contributed by atoms with van der Waals surface area (Å²) in [6, 6.07) is 7.33. The van der Waals surface area contributed by atoms with Crippen LogP contribution in [0.5, 0.6) is 0 Å². The molecule has 0 fully saturated rings. The van der Waals surface area contributed by atoms with Gasteiger partial charge in [-0.05, 0) is 30.3 Å². The lowest BCUT2D eigenvalue weighted by molar-refractivity contribution is -0.119. The molecule has 2 amide bonds. The average Bonchev–Trinajstić information content (AvgIpc) is 2.61. The van der Waals surface area contributed by atoms with Crippen LogP contribution in [-0.4, -0.2) is 30.1 Å². The first-order valence-corrected chi connectivity index (χ1v) is 8.39. The molecule has 0 spiro atoms. The molecule has 6 nitrogen and oxygen atoms in total. The predicted molar refractivity (Wildman–Crippen MR) is 91.1 cm³/mol. The van der Waals surface area contributed by atoms with Crippen molar-refractivity contribution < 1.29 is 27.9 Å². The molecule has 26 heavy (non-hydrogen) atoms. The van der Waals surface area contributed by atoms with E-state index >= 15 is 0 Å². The van der Waals surface area contributed by atoms with E-state index in [4.69, 9.17) is 4.74 Å². The van der Waals surface area contributed by atoms with E-state index in [-0.39, 0.29) is 17.2 Å². The van der Waals surface area contributed by atoms with E-state index in [0.717, 1.165) is 17.0 Å². The molecule has 2 N–H and O–H groups in total. The SMILES string of the molecule is O=C(COC(=O)c1ccc2c(c1)NC(=O)CS2)Nc1ccc(F)cc1F. The Kier molecular flexibility index (Phi) is 5.17. The topological polar surface area (TPSA) is 84.5 Å². The lowest BCUT2D eigenvalue weighted by Gasteiger charge is -2.16. The van der Waals surface area contributed by atoms with Gasteiger partial charge in [-0.3, -0.25) is 9.59 Å². The molecule has 0 aliphatic carbocycles. The molecule has 2 aromatic rings. The molecule has 2 aromatic carbocycles. The third kappa shape index (κ3) is 4.17. The smallest absolute Gasteiger partial charge is 0.338 e. The Balaban J connectivity index is 1.59. The molecule has 3 rings (SSSR count). The molecule has 9 heteroatoms. The fourth-order valence-electron chi connectivity index (χ4n) is 2.20. The summed E-state index contributed by atoms with van der Waals surface area (Å²) in [4.78, 5) is 36.0. The van der Waals surface area contributed by atoms with Crippen molar-refractivity contribution in [3.8, 4) is 0 Å². The van der Waals surface area contributed by atoms with Crippen molar-refractivity contribution in [1.29, 1.82) is 0 Å². The minimum Gasteiger partial charge on any atom is -0.452 e. The van der Waals surface area contributed by atoms with E-state index in [1.807, 2.05) is 0 Å². The fourth-order valence-corrected chi connectivity index (χ4v) is 2.99. The second-order valence-electron chi connectivity index (χ2n) is 5.30. The minimum atomic E-state index is -0.937. The van der Waals surface area contributed by atoms with Crippen LogP contribution >= 0.6 is 11.8 Å². The Morgan fingerprint density at radius 2 is 2.00 bits per heavy atom. The van der Waals surface area contributed by atoms with Gasteiger partial charge < -0.3 is 15.4 Å². The number of ether oxygens (including phenoxy) is 1. The van der Waals surface area contributed by atoms with Crippen LogP contribution in [0.3, 0.4) is 0 Å². The van der Waals surface area contributed by atoms with Crippen LogP contribution in [0.4, 0.5) is 20.2 Å². The van der Waals surface area contributed by atoms with Gasteiger partial charge in [0, 0.05) is 11.0 Å². The number of hydrogen-bond donors (Lipinski definition) is 2. The van der Waals surface area contributed by atoms with Gasteiger partial charge in [-0.15, -0.1) is 11.8 Å². The second kappa shape index (κ2) is 7.52. The van der Waals surface area contributed by atoms with Crippen LogP contribution in [0, 0.1) is 11.6 Å². The third-order valence-electron chi connectivity index (χ3n) is 3.39. The van der Waals surface area contributed by atoms with Gasteiger partial charge in [0.15, 0.2) is 6.61 Å². The van der Waals surface area contributed by atoms with Crippen molar-refractivity contribution >= 4 is 40.9 Å². The highest BCUT2D eigenvalue weighted by molar-refractivity contribution is 8.00. The Hall–Kier alpha value is -2.94. The van der Waals surface area contributed by atoms with Crippen LogP contribution in [0.2, 0.25) is 0 Å². The van der Waals surface area contributed by atoms with Gasteiger partial charge in [-0.25, -0.2) is 13.6 Å². The van der Waals surface area contributed by atoms with Gasteiger partial charge in [-0.1, -0.05) is 0 Å². The molecule has 0 aromatic heterocycles. The van der Waals surface area contributed by atoms with Crippen LogP contribution in [0.1, 0.15) is 10.4 Å². The summed E-state index contributed by atoms with van der Waals surface area (Å²) in [5, 5.41) is 4.83. The number of nitrogens with one attached hydrogen (secondary N) is 2. The first-order chi connectivity index (χ1) is 12.4. The maximum atomic E-state index is 13.5. The molecule has 0 radical (unpaired) electrons. The molecular weight excluding hydrogens is 366 g/mol. The van der Waals surface area contributed by atoms with Crippen molar-refractivity contribution in [3.05, 3.63) is 53.6 Å². The lowest BCUT2D eigenvalue weighted by Crippen LogP contribution is -2.22. The van der Waals surface area contributed by atoms with Crippen LogP contribution in [-0.2, 0) is 14.3 Å². The number of anilines is 2. The van der Waals surface area contributed by atoms with Crippen molar-refractivity contribution in [2.24, 2.45) is 0 Å². The first kappa shape index (κ1) is 17.9. The summed E-state index contributed by atoms with van der Waals surface area (Å²) >= 11 is 1.35. The number of carbonyl (C=O) groups excluding carboxylic acids is 3. The van der Waals surface area contributed by atoms with E-state index in [1.54, 1.807) is 6.07 Å². The Labute approximate surface area is 150 Å². The maximum Gasteiger partial charge on any atom is 0.338 e. The lowest BCUT2D eigenvalue weighted by atomic mass is 10.2. The molecule has 0 atom stereocenters. The molecule has 1 aliphatic heterocycles. The summed E-state index contributed by atoms with van der Waals surface area (Å²) in [7, 11) is 0. The molecule has 0 saturated carbocycles. The summed E-state index contributed by atoms with van der Waals surface area (Å²) in [5.74, 6) is -3.12. The number of hydrogen-bond acceptors (Lipinski definition) is 5. The van der Waals surface area contributed by atoms with Crippen molar-refractivity contribution in [2.75, 3.05) is 23.0 Å². The van der Waals surface area contributed by atoms with E-state index in [9.17, 15) is 23.2 Å². The highest BCUT2D eigenvalue weighted by Crippen LogP contribution is 2.32. The van der Waals surface area contributed by atoms with Crippen molar-refractivity contribution in [3.63, 3.8) is 0 Å². The van der Waals surface area contributed by atoms with Crippen LogP contribution < -0.4 is 10.6 Å². The summed E-state index contributed by atoms with van der Waals surface area (Å²) in [6.07, 6.45) is 0. The molecule has 1 heterocycles. The van der Waals surface area contributed by atoms with E-state index in [0.29, 0.717) is 17.5 Å². The number of carbonyl (C=O) groups is 3. The predicted octanol–water partition coefficient (Wildman–Crippen LogP) is 2.80. The number of halogens is 2. The Morgan fingerprint density at radius 3 is 2.77 bits per heavy atom. The fraction of sp³-hybridized carbons (Fsp3) is 0.118. The number of esters is 1. The van der Waals surface area contributed by atoms with Crippen molar-refractivity contribution in [2.45, 2.75) is 4.90 Å². The molecule has 134 valence electrons. The number of thioether (sulfide) groups is 1. The standard InChI is InChI=1S/C17H12F2N2O4S/c18-10-2-3-12(11(19)6-10)20-15(22)7-25-17(24)9-1-4-14-13(5-9)21-16(23)8-26-14/h1-6H,7-8H2,(H,20,22)(H,21,23). The van der Waals surface area contributed by atoms with Crippen LogP contribution in [0.15, 0.2) is 41.3 Å². The van der Waals surface area contributed by atoms with E-state index in [1.165, 1.54) is 23.9 Å². The number of benzene rings is 2. The number of fused-ring (bicyclic) bond motifs is 1. The highest BCUT2D eigenvalue weighted by Gasteiger charge is 2.18. The minimum absolute atomic E-state index is 0.160. The van der Waals surface area contributed by atoms with Crippen molar-refractivity contribution in [1.82, 2.24) is 0 Å². The first-order valence-electron chi connectivity index (χ1n) is 7.41. The second-order valence-corrected chi connectivity index (χ2v) is 6.31. The Morgan fingerprint density at radius 1 is 1.19 bits per heavy atom. The zero-order valence-corrected chi connectivity index (χ0v) is 14.0. The van der Waals surface area contributed by atoms with E-state index in [2.05, 4.69) is 10.6 Å². The number of rotatable bonds is 4. The largest absolute Gasteiger partial charge is 0.452 e. The highest BCUT2D eigenvalue weighted by atomic mass is 32.2. The van der Waals surface area contributed by atoms with Gasteiger partial charge >= 0.3 is 5.97 Å². The van der Waals surface area contributed by atoms with Gasteiger partial charge in [-0.2, -0.15) is 0 Å². The number of amides is 2. The molecule has 1 aliphatic rings. The molecule has 0 unspecified atom stereocenters. The van der Waals surface area contributed by atoms with Gasteiger partial charge in [0.1, 0.15) is 11.6 Å². The summed E-state index contributed by atoms with van der Waals surface area (Å²) in [5.41, 5.74) is 0.437. The molecular formula is C17H12F2N2O4S. The van der Waals surface area contributed by atoms with Gasteiger partial charge in [0.05, 0.1) is 22.7 Å². The zero-order valence-electron chi connectivity index (χ0n) is 13.2. The van der Waals surface area contributed by atoms with Gasteiger partial charge in [0.2, 0.25) is 5.91 Å². The normalized spacial score (nSPS) is 12.8. The quantitative estimate of drug-likeness (QED) is 0.800. The Bertz CT molecular complexity index is 904. The maximum absolute atomic E-state index is 13.5. The zero-order chi connectivity index (χ0) is 18.7. The molecule has 0 saturated heterocycles. The third-order valence-corrected chi connectivity index (χ3v) is 4.46. The summed E-state index contributed by atoms with van der Waals surface area (Å²) < 4.78 is 31.2. The molecule has 0 bridgehead atoms. The summed E-state index contributed by atoms with van der Waals surface area (Å²) in [6.45, 7) is -0.645. The van der Waals surface area contributed by atoms with Gasteiger partial charge in [0.25, 0.3) is 5.91 Å². The van der Waals surface area contributed by atoms with E-state index < -0.39 is 30.1 Å². The average molecular weight is 378 g/mol. The monoisotopic (exact) mass is 378 g/mol. The van der Waals surface area contributed by atoms with Crippen LogP contribution in [0.25, 0.3) is 0 Å².